The van der Waals surface area contributed by atoms with Crippen LogP contribution in [0.3, 0.4) is 0 Å². The fourth-order valence-corrected chi connectivity index (χ4v) is 2.26. The molecule has 20 heavy (non-hydrogen) atoms. The van der Waals surface area contributed by atoms with E-state index in [0.29, 0.717) is 18.5 Å². The summed E-state index contributed by atoms with van der Waals surface area (Å²) in [5, 5.41) is 0. The first kappa shape index (κ1) is 14.5. The summed E-state index contributed by atoms with van der Waals surface area (Å²) in [4.78, 5) is 4.13. The number of ether oxygens (including phenoxy) is 1. The third-order valence-electron chi connectivity index (χ3n) is 3.57. The Morgan fingerprint density at radius 1 is 1.25 bits per heavy atom. The van der Waals surface area contributed by atoms with Crippen LogP contribution in [-0.2, 0) is 12.0 Å². The Kier molecular flexibility index (Phi) is 4.35. The van der Waals surface area contributed by atoms with E-state index in [4.69, 9.17) is 10.5 Å². The minimum Gasteiger partial charge on any atom is -0.496 e. The van der Waals surface area contributed by atoms with Crippen LogP contribution >= 0.6 is 0 Å². The van der Waals surface area contributed by atoms with Gasteiger partial charge in [-0.3, -0.25) is 4.98 Å². The molecule has 1 unspecified atom stereocenters. The van der Waals surface area contributed by atoms with Gasteiger partial charge in [0.2, 0.25) is 0 Å². The highest BCUT2D eigenvalue weighted by Crippen LogP contribution is 2.29. The van der Waals surface area contributed by atoms with Gasteiger partial charge >= 0.3 is 0 Å². The number of pyridine rings is 1. The van der Waals surface area contributed by atoms with Crippen LogP contribution in [0.2, 0.25) is 0 Å². The molecule has 1 aromatic heterocycles. The molecule has 106 valence electrons. The Morgan fingerprint density at radius 2 is 2.00 bits per heavy atom. The average molecular weight is 274 g/mol. The van der Waals surface area contributed by atoms with Crippen LogP contribution in [0.5, 0.6) is 5.75 Å². The van der Waals surface area contributed by atoms with Gasteiger partial charge in [-0.05, 0) is 36.6 Å². The molecule has 2 aromatic rings. The molecule has 0 aliphatic heterocycles. The second kappa shape index (κ2) is 6.01. The van der Waals surface area contributed by atoms with Crippen LogP contribution < -0.4 is 10.5 Å². The predicted octanol–water partition coefficient (Wildman–Crippen LogP) is 3.04. The van der Waals surface area contributed by atoms with E-state index in [2.05, 4.69) is 4.98 Å². The van der Waals surface area contributed by atoms with Gasteiger partial charge in [-0.15, -0.1) is 0 Å². The van der Waals surface area contributed by atoms with Gasteiger partial charge in [0.05, 0.1) is 24.5 Å². The first-order chi connectivity index (χ1) is 9.59. The zero-order valence-electron chi connectivity index (χ0n) is 11.8. The molecule has 1 heterocycles. The Hall–Kier alpha value is -1.94. The van der Waals surface area contributed by atoms with E-state index >= 15 is 0 Å². The number of nitrogens with zero attached hydrogens (tertiary/aromatic N) is 1. The molecular formula is C16H19FN2O. The maximum Gasteiger partial charge on any atom is 0.141 e. The predicted molar refractivity (Wildman–Crippen MR) is 77.0 cm³/mol. The fraction of sp³-hybridized carbons (Fsp3) is 0.312. The average Bonchev–Trinajstić information content (AvgIpc) is 2.48. The first-order valence-electron chi connectivity index (χ1n) is 6.62. The lowest BCUT2D eigenvalue weighted by Gasteiger charge is -2.28. The zero-order valence-corrected chi connectivity index (χ0v) is 11.8. The highest BCUT2D eigenvalue weighted by Gasteiger charge is 2.28. The monoisotopic (exact) mass is 274 g/mol. The Labute approximate surface area is 118 Å². The molecule has 0 aliphatic rings. The van der Waals surface area contributed by atoms with E-state index in [1.165, 1.54) is 12.3 Å². The molecule has 0 spiro atoms. The number of para-hydroxylation sites is 1. The quantitative estimate of drug-likeness (QED) is 0.911. The second-order valence-corrected chi connectivity index (χ2v) is 4.86. The van der Waals surface area contributed by atoms with Gasteiger partial charge in [0, 0.05) is 0 Å². The molecule has 2 N–H and O–H groups in total. The van der Waals surface area contributed by atoms with E-state index in [-0.39, 0.29) is 5.82 Å². The molecule has 0 radical (unpaired) electrons. The maximum absolute atomic E-state index is 13.0. The van der Waals surface area contributed by atoms with Gasteiger partial charge in [0.15, 0.2) is 0 Å². The van der Waals surface area contributed by atoms with Crippen molar-refractivity contribution in [3.8, 4) is 5.75 Å². The zero-order chi connectivity index (χ0) is 14.6. The summed E-state index contributed by atoms with van der Waals surface area (Å²) in [6.45, 7) is 2.00. The van der Waals surface area contributed by atoms with Crippen LogP contribution in [-0.4, -0.2) is 12.1 Å². The van der Waals surface area contributed by atoms with Gasteiger partial charge in [-0.2, -0.15) is 0 Å². The van der Waals surface area contributed by atoms with Crippen LogP contribution in [0.25, 0.3) is 0 Å². The summed E-state index contributed by atoms with van der Waals surface area (Å²) >= 11 is 0. The molecular weight excluding hydrogens is 255 g/mol. The SMILES string of the molecule is CCC(N)(Cc1ccccc1OC)c1ccc(F)cn1. The summed E-state index contributed by atoms with van der Waals surface area (Å²) in [5.74, 6) is 0.447. The summed E-state index contributed by atoms with van der Waals surface area (Å²) in [5.41, 5.74) is 7.55. The molecule has 3 nitrogen and oxygen atoms in total. The van der Waals surface area contributed by atoms with Crippen molar-refractivity contribution in [2.45, 2.75) is 25.3 Å². The van der Waals surface area contributed by atoms with Crippen molar-refractivity contribution < 1.29 is 9.13 Å². The topological polar surface area (TPSA) is 48.1 Å². The summed E-state index contributed by atoms with van der Waals surface area (Å²) < 4.78 is 18.4. The van der Waals surface area contributed by atoms with E-state index in [1.807, 2.05) is 31.2 Å². The van der Waals surface area contributed by atoms with Crippen molar-refractivity contribution in [3.05, 3.63) is 59.7 Å². The van der Waals surface area contributed by atoms with Gasteiger partial charge in [0.1, 0.15) is 11.6 Å². The van der Waals surface area contributed by atoms with Crippen LogP contribution in [0, 0.1) is 5.82 Å². The van der Waals surface area contributed by atoms with Crippen molar-refractivity contribution in [1.29, 1.82) is 0 Å². The normalized spacial score (nSPS) is 13.8. The fourth-order valence-electron chi connectivity index (χ4n) is 2.26. The lowest BCUT2D eigenvalue weighted by Crippen LogP contribution is -2.39. The Morgan fingerprint density at radius 3 is 2.60 bits per heavy atom. The van der Waals surface area contributed by atoms with E-state index < -0.39 is 5.54 Å². The van der Waals surface area contributed by atoms with Crippen LogP contribution in [0.1, 0.15) is 24.6 Å². The van der Waals surface area contributed by atoms with Crippen molar-refractivity contribution in [1.82, 2.24) is 4.98 Å². The Balaban J connectivity index is 2.34. The smallest absolute Gasteiger partial charge is 0.141 e. The number of hydrogen-bond donors (Lipinski definition) is 1. The van der Waals surface area contributed by atoms with Crippen LogP contribution in [0.15, 0.2) is 42.6 Å². The molecule has 1 aromatic carbocycles. The van der Waals surface area contributed by atoms with Crippen molar-refractivity contribution in [2.75, 3.05) is 7.11 Å². The summed E-state index contributed by atoms with van der Waals surface area (Å²) in [6, 6.07) is 10.8. The summed E-state index contributed by atoms with van der Waals surface area (Å²) in [7, 11) is 1.64. The number of halogens is 1. The van der Waals surface area contributed by atoms with Gasteiger partial charge in [0.25, 0.3) is 0 Å². The van der Waals surface area contributed by atoms with E-state index in [1.54, 1.807) is 13.2 Å². The van der Waals surface area contributed by atoms with Crippen molar-refractivity contribution >= 4 is 0 Å². The highest BCUT2D eigenvalue weighted by molar-refractivity contribution is 5.36. The molecule has 0 bridgehead atoms. The standard InChI is InChI=1S/C16H19FN2O/c1-3-16(18,15-9-8-13(17)11-19-15)10-12-6-4-5-7-14(12)20-2/h4-9,11H,3,10,18H2,1-2H3. The Bertz CT molecular complexity index is 571. The van der Waals surface area contributed by atoms with Crippen molar-refractivity contribution in [2.24, 2.45) is 5.73 Å². The third-order valence-corrected chi connectivity index (χ3v) is 3.57. The molecule has 1 atom stereocenters. The first-order valence-corrected chi connectivity index (χ1v) is 6.62. The largest absolute Gasteiger partial charge is 0.496 e. The number of aromatic nitrogens is 1. The number of nitrogens with two attached hydrogens (primary N) is 1. The molecule has 2 rings (SSSR count). The molecule has 0 saturated heterocycles. The highest BCUT2D eigenvalue weighted by atomic mass is 19.1. The lowest BCUT2D eigenvalue weighted by atomic mass is 9.85. The number of rotatable bonds is 5. The van der Waals surface area contributed by atoms with Gasteiger partial charge in [-0.25, -0.2) is 4.39 Å². The van der Waals surface area contributed by atoms with E-state index in [9.17, 15) is 4.39 Å². The molecule has 4 heteroatoms. The second-order valence-electron chi connectivity index (χ2n) is 4.86. The third kappa shape index (κ3) is 2.96. The van der Waals surface area contributed by atoms with Crippen molar-refractivity contribution in [3.63, 3.8) is 0 Å². The lowest BCUT2D eigenvalue weighted by molar-refractivity contribution is 0.381. The maximum atomic E-state index is 13.0. The van der Waals surface area contributed by atoms with Crippen LogP contribution in [0.4, 0.5) is 4.39 Å². The minimum absolute atomic E-state index is 0.357. The molecule has 0 fully saturated rings. The van der Waals surface area contributed by atoms with Gasteiger partial charge < -0.3 is 10.5 Å². The van der Waals surface area contributed by atoms with Gasteiger partial charge in [-0.1, -0.05) is 25.1 Å². The van der Waals surface area contributed by atoms with E-state index in [0.717, 1.165) is 11.3 Å². The number of benzene rings is 1. The molecule has 0 amide bonds. The number of hydrogen-bond acceptors (Lipinski definition) is 3. The molecule has 0 saturated carbocycles. The summed E-state index contributed by atoms with van der Waals surface area (Å²) in [6.07, 6.45) is 2.49. The molecule has 0 aliphatic carbocycles. The number of methoxy groups -OCH3 is 1. The minimum atomic E-state index is -0.637.